The first-order valence-electron chi connectivity index (χ1n) is 6.92. The minimum absolute atomic E-state index is 0. The number of anilines is 1. The smallest absolute Gasteiger partial charge is 0.220 e. The number of nitrogens with one attached hydrogen (secondary N) is 1. The van der Waals surface area contributed by atoms with Crippen molar-refractivity contribution in [3.63, 3.8) is 0 Å². The summed E-state index contributed by atoms with van der Waals surface area (Å²) in [6.45, 7) is 4.23. The average molecular weight is 301 g/mol. The molecule has 0 atom stereocenters. The fourth-order valence-corrected chi connectivity index (χ4v) is 1.80. The first-order chi connectivity index (χ1) is 9.24. The SMILES string of the molecule is CCOCCCCNC(=O)CCc1ccccc1N.Cl. The van der Waals surface area contributed by atoms with Gasteiger partial charge in [0.25, 0.3) is 0 Å². The molecule has 1 rings (SSSR count). The lowest BCUT2D eigenvalue weighted by atomic mass is 10.1. The Morgan fingerprint density at radius 1 is 1.30 bits per heavy atom. The van der Waals surface area contributed by atoms with Crippen LogP contribution in [0.2, 0.25) is 0 Å². The third-order valence-electron chi connectivity index (χ3n) is 2.92. The number of rotatable bonds is 9. The summed E-state index contributed by atoms with van der Waals surface area (Å²) in [5.74, 6) is 0.0830. The summed E-state index contributed by atoms with van der Waals surface area (Å²) >= 11 is 0. The molecule has 0 saturated carbocycles. The highest BCUT2D eigenvalue weighted by Crippen LogP contribution is 2.12. The molecule has 0 heterocycles. The molecule has 0 spiro atoms. The highest BCUT2D eigenvalue weighted by atomic mass is 35.5. The summed E-state index contributed by atoms with van der Waals surface area (Å²) in [4.78, 5) is 11.6. The lowest BCUT2D eigenvalue weighted by molar-refractivity contribution is -0.121. The van der Waals surface area contributed by atoms with Crippen LogP contribution in [0, 0.1) is 0 Å². The van der Waals surface area contributed by atoms with Gasteiger partial charge in [-0.05, 0) is 37.8 Å². The number of halogens is 1. The van der Waals surface area contributed by atoms with Crippen LogP contribution in [0.3, 0.4) is 0 Å². The highest BCUT2D eigenvalue weighted by molar-refractivity contribution is 5.85. The van der Waals surface area contributed by atoms with E-state index in [9.17, 15) is 4.79 Å². The fourth-order valence-electron chi connectivity index (χ4n) is 1.80. The number of carbonyl (C=O) groups excluding carboxylic acids is 1. The lowest BCUT2D eigenvalue weighted by Crippen LogP contribution is -2.24. The maximum atomic E-state index is 11.6. The first-order valence-corrected chi connectivity index (χ1v) is 6.92. The number of carbonyl (C=O) groups is 1. The maximum absolute atomic E-state index is 11.6. The molecular weight excluding hydrogens is 276 g/mol. The van der Waals surface area contributed by atoms with E-state index in [4.69, 9.17) is 10.5 Å². The van der Waals surface area contributed by atoms with Gasteiger partial charge in [-0.15, -0.1) is 12.4 Å². The van der Waals surface area contributed by atoms with Crippen LogP contribution < -0.4 is 11.1 Å². The molecule has 0 aliphatic heterocycles. The second kappa shape index (κ2) is 11.6. The normalized spacial score (nSPS) is 9.85. The topological polar surface area (TPSA) is 64.3 Å². The van der Waals surface area contributed by atoms with Crippen molar-refractivity contribution >= 4 is 24.0 Å². The van der Waals surface area contributed by atoms with Crippen LogP contribution in [0.15, 0.2) is 24.3 Å². The Kier molecular flexibility index (Phi) is 10.8. The molecule has 0 radical (unpaired) electrons. The zero-order valence-electron chi connectivity index (χ0n) is 12.1. The second-order valence-electron chi connectivity index (χ2n) is 4.45. The van der Waals surface area contributed by atoms with Crippen molar-refractivity contribution in [2.45, 2.75) is 32.6 Å². The Hall–Kier alpha value is -1.26. The van der Waals surface area contributed by atoms with Crippen molar-refractivity contribution < 1.29 is 9.53 Å². The van der Waals surface area contributed by atoms with Crippen molar-refractivity contribution in [2.75, 3.05) is 25.5 Å². The van der Waals surface area contributed by atoms with Crippen LogP contribution in [0.4, 0.5) is 5.69 Å². The van der Waals surface area contributed by atoms with Gasteiger partial charge in [-0.3, -0.25) is 4.79 Å². The third-order valence-corrected chi connectivity index (χ3v) is 2.92. The Labute approximate surface area is 127 Å². The van der Waals surface area contributed by atoms with Crippen LogP contribution in [-0.4, -0.2) is 25.7 Å². The first kappa shape index (κ1) is 18.7. The molecule has 1 aromatic rings. The van der Waals surface area contributed by atoms with E-state index in [1.165, 1.54) is 0 Å². The van der Waals surface area contributed by atoms with E-state index in [1.54, 1.807) is 0 Å². The lowest BCUT2D eigenvalue weighted by Gasteiger charge is -2.07. The Morgan fingerprint density at radius 2 is 2.05 bits per heavy atom. The van der Waals surface area contributed by atoms with E-state index in [0.717, 1.165) is 43.9 Å². The fraction of sp³-hybridized carbons (Fsp3) is 0.533. The molecule has 0 aliphatic carbocycles. The molecule has 0 aromatic heterocycles. The van der Waals surface area contributed by atoms with E-state index < -0.39 is 0 Å². The van der Waals surface area contributed by atoms with Crippen molar-refractivity contribution in [2.24, 2.45) is 0 Å². The molecular formula is C15H25ClN2O2. The molecule has 0 saturated heterocycles. The number of hydrogen-bond donors (Lipinski definition) is 2. The van der Waals surface area contributed by atoms with Crippen LogP contribution in [0.5, 0.6) is 0 Å². The number of nitrogens with two attached hydrogens (primary N) is 1. The molecule has 1 amide bonds. The van der Waals surface area contributed by atoms with Gasteiger partial charge in [-0.25, -0.2) is 0 Å². The molecule has 5 heteroatoms. The van der Waals surface area contributed by atoms with Gasteiger partial charge in [0.1, 0.15) is 0 Å². The Morgan fingerprint density at radius 3 is 2.75 bits per heavy atom. The van der Waals surface area contributed by atoms with E-state index >= 15 is 0 Å². The minimum atomic E-state index is 0. The molecule has 20 heavy (non-hydrogen) atoms. The second-order valence-corrected chi connectivity index (χ2v) is 4.45. The monoisotopic (exact) mass is 300 g/mol. The van der Waals surface area contributed by atoms with Gasteiger partial charge >= 0.3 is 0 Å². The maximum Gasteiger partial charge on any atom is 0.220 e. The Bertz CT molecular complexity index is 386. The minimum Gasteiger partial charge on any atom is -0.399 e. The van der Waals surface area contributed by atoms with E-state index in [0.29, 0.717) is 12.8 Å². The summed E-state index contributed by atoms with van der Waals surface area (Å²) in [5, 5.41) is 2.91. The van der Waals surface area contributed by atoms with Crippen molar-refractivity contribution in [3.8, 4) is 0 Å². The number of amides is 1. The van der Waals surface area contributed by atoms with Crippen LogP contribution in [0.1, 0.15) is 31.7 Å². The largest absolute Gasteiger partial charge is 0.399 e. The highest BCUT2D eigenvalue weighted by Gasteiger charge is 2.03. The van der Waals surface area contributed by atoms with Gasteiger partial charge in [-0.1, -0.05) is 18.2 Å². The zero-order valence-corrected chi connectivity index (χ0v) is 12.9. The molecule has 0 unspecified atom stereocenters. The number of unbranched alkanes of at least 4 members (excludes halogenated alkanes) is 1. The van der Waals surface area contributed by atoms with E-state index in [-0.39, 0.29) is 18.3 Å². The predicted molar refractivity (Wildman–Crippen MR) is 85.2 cm³/mol. The molecule has 1 aromatic carbocycles. The molecule has 0 aliphatic rings. The molecule has 0 fully saturated rings. The van der Waals surface area contributed by atoms with Crippen LogP contribution in [0.25, 0.3) is 0 Å². The van der Waals surface area contributed by atoms with Crippen molar-refractivity contribution in [1.29, 1.82) is 0 Å². The quantitative estimate of drug-likeness (QED) is 0.544. The number of aryl methyl sites for hydroxylation is 1. The summed E-state index contributed by atoms with van der Waals surface area (Å²) in [7, 11) is 0. The number of nitrogen functional groups attached to an aromatic ring is 1. The van der Waals surface area contributed by atoms with Gasteiger partial charge in [0.2, 0.25) is 5.91 Å². The molecule has 114 valence electrons. The Balaban J connectivity index is 0.00000361. The number of ether oxygens (including phenoxy) is 1. The summed E-state index contributed by atoms with van der Waals surface area (Å²) < 4.78 is 5.23. The third kappa shape index (κ3) is 8.02. The van der Waals surface area contributed by atoms with E-state index in [2.05, 4.69) is 5.32 Å². The van der Waals surface area contributed by atoms with Gasteiger partial charge in [0, 0.05) is 31.9 Å². The van der Waals surface area contributed by atoms with Gasteiger partial charge in [-0.2, -0.15) is 0 Å². The van der Waals surface area contributed by atoms with Crippen LogP contribution >= 0.6 is 12.4 Å². The zero-order chi connectivity index (χ0) is 13.9. The number of benzene rings is 1. The van der Waals surface area contributed by atoms with Gasteiger partial charge < -0.3 is 15.8 Å². The number of hydrogen-bond acceptors (Lipinski definition) is 3. The van der Waals surface area contributed by atoms with Crippen LogP contribution in [-0.2, 0) is 16.0 Å². The number of para-hydroxylation sites is 1. The van der Waals surface area contributed by atoms with Crippen molar-refractivity contribution in [3.05, 3.63) is 29.8 Å². The standard InChI is InChI=1S/C15H24N2O2.ClH/c1-2-19-12-6-5-11-17-15(18)10-9-13-7-3-4-8-14(13)16;/h3-4,7-8H,2,5-6,9-12,16H2,1H3,(H,17,18);1H. The molecule has 4 nitrogen and oxygen atoms in total. The van der Waals surface area contributed by atoms with Crippen molar-refractivity contribution in [1.82, 2.24) is 5.32 Å². The summed E-state index contributed by atoms with van der Waals surface area (Å²) in [6, 6.07) is 7.67. The molecule has 3 N–H and O–H groups in total. The summed E-state index contributed by atoms with van der Waals surface area (Å²) in [6.07, 6.45) is 3.12. The average Bonchev–Trinajstić information content (AvgIpc) is 2.42. The van der Waals surface area contributed by atoms with E-state index in [1.807, 2.05) is 31.2 Å². The predicted octanol–water partition coefficient (Wildman–Crippen LogP) is 2.56. The summed E-state index contributed by atoms with van der Waals surface area (Å²) in [5.41, 5.74) is 7.62. The molecule has 0 bridgehead atoms. The van der Waals surface area contributed by atoms with Gasteiger partial charge in [0.05, 0.1) is 0 Å². The van der Waals surface area contributed by atoms with Gasteiger partial charge in [0.15, 0.2) is 0 Å².